The molecule has 0 amide bonds. The van der Waals surface area contributed by atoms with Crippen molar-refractivity contribution < 1.29 is 29.2 Å². The number of benzene rings is 2. The van der Waals surface area contributed by atoms with Gasteiger partial charge in [-0.1, -0.05) is 6.07 Å². The largest absolute Gasteiger partial charge is 0.508 e. The highest BCUT2D eigenvalue weighted by atomic mass is 16.7. The number of hydrogen-bond donors (Lipinski definition) is 2. The van der Waals surface area contributed by atoms with Gasteiger partial charge in [0.25, 0.3) is 6.29 Å². The molecule has 112 valence electrons. The molecule has 0 saturated heterocycles. The summed E-state index contributed by atoms with van der Waals surface area (Å²) in [5.41, 5.74) is 0.750. The number of fused-ring (bicyclic) bond motifs is 4. The molecule has 0 bridgehead atoms. The van der Waals surface area contributed by atoms with E-state index in [1.54, 1.807) is 6.07 Å². The van der Waals surface area contributed by atoms with Crippen LogP contribution >= 0.6 is 0 Å². The van der Waals surface area contributed by atoms with E-state index in [2.05, 4.69) is 0 Å². The molecule has 2 N–H and O–H groups in total. The van der Waals surface area contributed by atoms with Crippen LogP contribution in [0.1, 0.15) is 21.8 Å². The summed E-state index contributed by atoms with van der Waals surface area (Å²) in [5, 5.41) is 19.6. The van der Waals surface area contributed by atoms with E-state index < -0.39 is 12.2 Å². The number of rotatable bonds is 1. The fourth-order valence-corrected chi connectivity index (χ4v) is 2.89. The first-order valence-corrected chi connectivity index (χ1v) is 6.70. The summed E-state index contributed by atoms with van der Waals surface area (Å²) in [7, 11) is 1.46. The molecule has 22 heavy (non-hydrogen) atoms. The normalized spacial score (nSPS) is 21.2. The van der Waals surface area contributed by atoms with Gasteiger partial charge in [0.2, 0.25) is 0 Å². The molecule has 2 aliphatic heterocycles. The summed E-state index contributed by atoms with van der Waals surface area (Å²) in [6.07, 6.45) is -0.816. The molecule has 0 radical (unpaired) electrons. The van der Waals surface area contributed by atoms with E-state index in [1.165, 1.54) is 31.4 Å². The molecule has 0 saturated carbocycles. The molecule has 2 aliphatic rings. The topological polar surface area (TPSA) is 85.2 Å². The number of phenolic OH excluding ortho intramolecular Hbond substituents is 2. The second-order valence-corrected chi connectivity index (χ2v) is 5.19. The lowest BCUT2D eigenvalue weighted by atomic mass is 9.88. The van der Waals surface area contributed by atoms with Crippen LogP contribution in [0.3, 0.4) is 0 Å². The van der Waals surface area contributed by atoms with Gasteiger partial charge < -0.3 is 24.4 Å². The summed E-state index contributed by atoms with van der Waals surface area (Å²) >= 11 is 0. The third-order valence-electron chi connectivity index (χ3n) is 3.91. The highest BCUT2D eigenvalue weighted by molar-refractivity contribution is 6.07. The van der Waals surface area contributed by atoms with Crippen LogP contribution in [0.25, 0.3) is 0 Å². The third kappa shape index (κ3) is 1.64. The number of ether oxygens (including phenoxy) is 3. The second-order valence-electron chi connectivity index (χ2n) is 5.19. The summed E-state index contributed by atoms with van der Waals surface area (Å²) in [4.78, 5) is 12.7. The van der Waals surface area contributed by atoms with E-state index in [0.717, 1.165) is 0 Å². The molecule has 2 heterocycles. The Morgan fingerprint density at radius 3 is 2.64 bits per heavy atom. The highest BCUT2D eigenvalue weighted by Gasteiger charge is 2.47. The van der Waals surface area contributed by atoms with Gasteiger partial charge in [-0.05, 0) is 6.07 Å². The molecule has 6 nitrogen and oxygen atoms in total. The molecular weight excluding hydrogens is 288 g/mol. The molecule has 2 aromatic rings. The van der Waals surface area contributed by atoms with Crippen molar-refractivity contribution in [1.29, 1.82) is 0 Å². The summed E-state index contributed by atoms with van der Waals surface area (Å²) in [6.45, 7) is 0. The van der Waals surface area contributed by atoms with Crippen molar-refractivity contribution >= 4 is 5.78 Å². The minimum absolute atomic E-state index is 0.0480. The number of aromatic hydroxyl groups is 2. The lowest BCUT2D eigenvalue weighted by Crippen LogP contribution is -2.35. The molecule has 4 rings (SSSR count). The van der Waals surface area contributed by atoms with Crippen molar-refractivity contribution in [2.75, 3.05) is 7.11 Å². The van der Waals surface area contributed by atoms with Crippen LogP contribution in [0, 0.1) is 0 Å². The quantitative estimate of drug-likeness (QED) is 0.839. The van der Waals surface area contributed by atoms with Crippen LogP contribution in [0.2, 0.25) is 0 Å². The van der Waals surface area contributed by atoms with Crippen LogP contribution < -0.4 is 14.2 Å². The van der Waals surface area contributed by atoms with Crippen molar-refractivity contribution in [2.24, 2.45) is 0 Å². The smallest absolute Gasteiger partial charge is 0.255 e. The van der Waals surface area contributed by atoms with E-state index in [1.807, 2.05) is 0 Å². The maximum Gasteiger partial charge on any atom is 0.255 e. The van der Waals surface area contributed by atoms with Gasteiger partial charge in [-0.25, -0.2) is 0 Å². The summed E-state index contributed by atoms with van der Waals surface area (Å²) in [6, 6.07) is 7.46. The Morgan fingerprint density at radius 2 is 1.86 bits per heavy atom. The number of Topliss-reactive ketones (excluding diaryl/α,β-unsaturated/α-hetero) is 1. The van der Waals surface area contributed by atoms with Crippen molar-refractivity contribution in [3.05, 3.63) is 41.5 Å². The number of phenols is 2. The van der Waals surface area contributed by atoms with Gasteiger partial charge in [-0.2, -0.15) is 0 Å². The Kier molecular flexibility index (Phi) is 2.51. The average Bonchev–Trinajstić information content (AvgIpc) is 2.83. The molecule has 2 atom stereocenters. The number of carbonyl (C=O) groups is 1. The fourth-order valence-electron chi connectivity index (χ4n) is 2.89. The molecule has 0 aliphatic carbocycles. The molecular formula is C16H12O6. The van der Waals surface area contributed by atoms with Crippen molar-refractivity contribution in [1.82, 2.24) is 0 Å². The molecule has 6 heteroatoms. The highest BCUT2D eigenvalue weighted by Crippen LogP contribution is 2.49. The SMILES string of the molecule is COc1cc(O)c2c(c1)OC1Oc3cc(O)ccc3C1C2=O. The minimum Gasteiger partial charge on any atom is -0.508 e. The van der Waals surface area contributed by atoms with E-state index in [9.17, 15) is 15.0 Å². The fraction of sp³-hybridized carbons (Fsp3) is 0.188. The standard InChI is InChI=1S/C16H12O6/c1-20-8-5-10(18)14-12(6-8)22-16-13(15(14)19)9-3-2-7(17)4-11(9)21-16/h2-6,13,16-18H,1H3. The number of ketones is 1. The van der Waals surface area contributed by atoms with E-state index in [-0.39, 0.29) is 28.6 Å². The monoisotopic (exact) mass is 300 g/mol. The Hall–Kier alpha value is -2.89. The molecule has 0 fully saturated rings. The number of carbonyl (C=O) groups excluding carboxylic acids is 1. The Balaban J connectivity index is 1.84. The second kappa shape index (κ2) is 4.30. The molecule has 0 aromatic heterocycles. The van der Waals surface area contributed by atoms with Crippen LogP contribution in [-0.2, 0) is 0 Å². The van der Waals surface area contributed by atoms with Gasteiger partial charge in [0, 0.05) is 23.8 Å². The first kappa shape index (κ1) is 12.8. The van der Waals surface area contributed by atoms with Crippen LogP contribution in [-0.4, -0.2) is 29.4 Å². The predicted molar refractivity (Wildman–Crippen MR) is 74.9 cm³/mol. The third-order valence-corrected chi connectivity index (χ3v) is 3.91. The maximum absolute atomic E-state index is 12.7. The zero-order valence-corrected chi connectivity index (χ0v) is 11.6. The van der Waals surface area contributed by atoms with Crippen molar-refractivity contribution in [3.63, 3.8) is 0 Å². The Morgan fingerprint density at radius 1 is 1.09 bits per heavy atom. The first-order chi connectivity index (χ1) is 10.6. The van der Waals surface area contributed by atoms with Crippen molar-refractivity contribution in [2.45, 2.75) is 12.2 Å². The van der Waals surface area contributed by atoms with Gasteiger partial charge in [0.15, 0.2) is 5.78 Å². The Labute approximate surface area is 125 Å². The molecule has 2 unspecified atom stereocenters. The van der Waals surface area contributed by atoms with E-state index >= 15 is 0 Å². The van der Waals surface area contributed by atoms with Crippen LogP contribution in [0.4, 0.5) is 0 Å². The van der Waals surface area contributed by atoms with Crippen LogP contribution in [0.5, 0.6) is 28.7 Å². The van der Waals surface area contributed by atoms with E-state index in [4.69, 9.17) is 14.2 Å². The molecule has 2 aromatic carbocycles. The average molecular weight is 300 g/mol. The lowest BCUT2D eigenvalue weighted by Gasteiger charge is -2.27. The van der Waals surface area contributed by atoms with E-state index in [0.29, 0.717) is 17.1 Å². The van der Waals surface area contributed by atoms with Crippen molar-refractivity contribution in [3.8, 4) is 28.7 Å². The number of hydrogen-bond acceptors (Lipinski definition) is 6. The molecule has 0 spiro atoms. The minimum atomic E-state index is -0.816. The lowest BCUT2D eigenvalue weighted by molar-refractivity contribution is -0.000965. The predicted octanol–water partition coefficient (Wildman–Crippen LogP) is 2.18. The summed E-state index contributed by atoms with van der Waals surface area (Å²) in [5.74, 6) is -0.0754. The Bertz CT molecular complexity index is 797. The maximum atomic E-state index is 12.7. The van der Waals surface area contributed by atoms with Gasteiger partial charge in [0.05, 0.1) is 7.11 Å². The number of methoxy groups -OCH3 is 1. The van der Waals surface area contributed by atoms with Gasteiger partial charge >= 0.3 is 0 Å². The first-order valence-electron chi connectivity index (χ1n) is 6.70. The van der Waals surface area contributed by atoms with Gasteiger partial charge in [-0.15, -0.1) is 0 Å². The van der Waals surface area contributed by atoms with Crippen LogP contribution in [0.15, 0.2) is 30.3 Å². The van der Waals surface area contributed by atoms with Gasteiger partial charge in [0.1, 0.15) is 40.2 Å². The van der Waals surface area contributed by atoms with Gasteiger partial charge in [-0.3, -0.25) is 4.79 Å². The zero-order chi connectivity index (χ0) is 15.4. The zero-order valence-electron chi connectivity index (χ0n) is 11.6. The summed E-state index contributed by atoms with van der Waals surface area (Å²) < 4.78 is 16.4.